The Labute approximate surface area is 176 Å². The van der Waals surface area contributed by atoms with E-state index in [4.69, 9.17) is 4.74 Å². The quantitative estimate of drug-likeness (QED) is 0.477. The number of fused-ring (bicyclic) bond motifs is 6. The van der Waals surface area contributed by atoms with E-state index in [9.17, 15) is 15.0 Å². The Bertz CT molecular complexity index is 1000. The first kappa shape index (κ1) is 18.8. The summed E-state index contributed by atoms with van der Waals surface area (Å²) in [6.07, 6.45) is 0.695. The zero-order valence-corrected chi connectivity index (χ0v) is 17.2. The number of hydrogen-bond acceptors (Lipinski definition) is 9. The number of ether oxygens (including phenoxy) is 1. The monoisotopic (exact) mass is 432 g/mol. The molecule has 4 aliphatic rings. The average molecular weight is 433 g/mol. The van der Waals surface area contributed by atoms with Crippen LogP contribution in [0.3, 0.4) is 0 Å². The van der Waals surface area contributed by atoms with E-state index < -0.39 is 30.4 Å². The fourth-order valence-electron chi connectivity index (χ4n) is 5.47. The largest absolute Gasteiger partial charge is 0.387 e. The lowest BCUT2D eigenvalue weighted by atomic mass is 9.95. The standard InChI is InChI=1S/C19H24N6O4S/c1-2-20-18(28)13-11(26)12(27)19(29-13)25-6-23-10-16(21-5-22-17(10)25)24-9-4-7-3-8(9)15-14(7)30-15/h5-9,11-15,19,26-27H,2-4H2,1H3,(H,20,28)(H,21,22,24)/t7-,8-,9-,11-,12+,13-,14?,15?,19+/m0/s1. The van der Waals surface area contributed by atoms with Crippen LogP contribution in [0.5, 0.6) is 0 Å². The van der Waals surface area contributed by atoms with Gasteiger partial charge in [-0.3, -0.25) is 9.36 Å². The molecule has 30 heavy (non-hydrogen) atoms. The van der Waals surface area contributed by atoms with Gasteiger partial charge in [-0.2, -0.15) is 11.8 Å². The zero-order chi connectivity index (χ0) is 20.6. The van der Waals surface area contributed by atoms with E-state index >= 15 is 0 Å². The molecule has 6 rings (SSSR count). The number of imidazole rings is 1. The van der Waals surface area contributed by atoms with E-state index in [1.807, 2.05) is 0 Å². The number of amides is 1. The lowest BCUT2D eigenvalue weighted by molar-refractivity contribution is -0.137. The van der Waals surface area contributed by atoms with Crippen molar-refractivity contribution in [3.8, 4) is 0 Å². The number of hydrogen-bond donors (Lipinski definition) is 4. The van der Waals surface area contributed by atoms with Crippen molar-refractivity contribution in [1.82, 2.24) is 24.8 Å². The van der Waals surface area contributed by atoms with E-state index in [0.717, 1.165) is 22.8 Å². The number of likely N-dealkylation sites (N-methyl/N-ethyl adjacent to an activating group) is 1. The van der Waals surface area contributed by atoms with E-state index in [1.54, 1.807) is 11.5 Å². The molecule has 160 valence electrons. The molecule has 2 aromatic rings. The average Bonchev–Trinajstić information content (AvgIpc) is 3.00. The number of carbonyl (C=O) groups excluding carboxylic acids is 1. The van der Waals surface area contributed by atoms with Gasteiger partial charge in [-0.15, -0.1) is 0 Å². The van der Waals surface area contributed by atoms with Crippen molar-refractivity contribution in [2.45, 2.75) is 60.8 Å². The number of aliphatic hydroxyl groups is 2. The van der Waals surface area contributed by atoms with Gasteiger partial charge in [0.05, 0.1) is 6.33 Å². The van der Waals surface area contributed by atoms with E-state index in [0.29, 0.717) is 35.5 Å². The molecule has 1 amide bonds. The van der Waals surface area contributed by atoms with Crippen LogP contribution in [0.4, 0.5) is 5.82 Å². The molecule has 2 unspecified atom stereocenters. The molecule has 2 bridgehead atoms. The minimum atomic E-state index is -1.34. The van der Waals surface area contributed by atoms with Crippen molar-refractivity contribution in [1.29, 1.82) is 0 Å². The molecular formula is C19H24N6O4S. The number of anilines is 1. The van der Waals surface area contributed by atoms with E-state index in [1.165, 1.54) is 19.1 Å². The molecule has 2 aromatic heterocycles. The minimum absolute atomic E-state index is 0.395. The highest BCUT2D eigenvalue weighted by Gasteiger charge is 2.62. The molecule has 0 spiro atoms. The molecule has 4 heterocycles. The lowest BCUT2D eigenvalue weighted by Crippen LogP contribution is -2.42. The van der Waals surface area contributed by atoms with Crippen LogP contribution in [0.1, 0.15) is 26.0 Å². The molecular weight excluding hydrogens is 408 g/mol. The van der Waals surface area contributed by atoms with Gasteiger partial charge in [0.15, 0.2) is 29.3 Å². The van der Waals surface area contributed by atoms with E-state index in [-0.39, 0.29) is 0 Å². The number of aromatic nitrogens is 4. The molecule has 4 N–H and O–H groups in total. The van der Waals surface area contributed by atoms with Crippen LogP contribution < -0.4 is 10.6 Å². The molecule has 2 saturated heterocycles. The first-order valence-electron chi connectivity index (χ1n) is 10.5. The van der Waals surface area contributed by atoms with Crippen LogP contribution in [-0.2, 0) is 9.53 Å². The van der Waals surface area contributed by atoms with Gasteiger partial charge in [0, 0.05) is 23.1 Å². The van der Waals surface area contributed by atoms with Gasteiger partial charge in [-0.25, -0.2) is 15.0 Å². The molecule has 0 radical (unpaired) electrons. The molecule has 9 atom stereocenters. The van der Waals surface area contributed by atoms with Crippen LogP contribution in [0, 0.1) is 11.8 Å². The molecule has 4 fully saturated rings. The Balaban J connectivity index is 1.26. The Kier molecular flexibility index (Phi) is 4.24. The predicted molar refractivity (Wildman–Crippen MR) is 109 cm³/mol. The van der Waals surface area contributed by atoms with Gasteiger partial charge in [-0.1, -0.05) is 0 Å². The number of nitrogens with one attached hydrogen (secondary N) is 2. The summed E-state index contributed by atoms with van der Waals surface area (Å²) in [7, 11) is 0. The summed E-state index contributed by atoms with van der Waals surface area (Å²) in [4.78, 5) is 25.4. The van der Waals surface area contributed by atoms with Crippen molar-refractivity contribution in [2.24, 2.45) is 11.8 Å². The topological polar surface area (TPSA) is 134 Å². The second kappa shape index (κ2) is 6.78. The lowest BCUT2D eigenvalue weighted by Gasteiger charge is -2.22. The van der Waals surface area contributed by atoms with Gasteiger partial charge in [0.25, 0.3) is 5.91 Å². The fraction of sp³-hybridized carbons (Fsp3) is 0.684. The Hall–Kier alpha value is -1.95. The fourth-order valence-corrected chi connectivity index (χ4v) is 7.11. The molecule has 0 aromatic carbocycles. The van der Waals surface area contributed by atoms with Crippen LogP contribution in [-0.4, -0.2) is 77.0 Å². The molecule has 2 aliphatic heterocycles. The maximum Gasteiger partial charge on any atom is 0.252 e. The van der Waals surface area contributed by atoms with Crippen LogP contribution >= 0.6 is 11.8 Å². The van der Waals surface area contributed by atoms with Crippen LogP contribution in [0.15, 0.2) is 12.7 Å². The first-order valence-corrected chi connectivity index (χ1v) is 11.4. The summed E-state index contributed by atoms with van der Waals surface area (Å²) >= 11 is 2.11. The Morgan fingerprint density at radius 1 is 1.27 bits per heavy atom. The molecule has 2 saturated carbocycles. The Morgan fingerprint density at radius 3 is 2.90 bits per heavy atom. The number of rotatable bonds is 5. The van der Waals surface area contributed by atoms with E-state index in [2.05, 4.69) is 37.3 Å². The molecule has 2 aliphatic carbocycles. The highest BCUT2D eigenvalue weighted by Crippen LogP contribution is 2.65. The van der Waals surface area contributed by atoms with Gasteiger partial charge in [0.1, 0.15) is 18.5 Å². The molecule has 10 nitrogen and oxygen atoms in total. The maximum atomic E-state index is 12.2. The maximum absolute atomic E-state index is 12.2. The summed E-state index contributed by atoms with van der Waals surface area (Å²) in [6, 6.07) is 0.395. The summed E-state index contributed by atoms with van der Waals surface area (Å²) in [5.74, 6) is 1.71. The van der Waals surface area contributed by atoms with Crippen LogP contribution in [0.25, 0.3) is 11.2 Å². The number of aliphatic hydroxyl groups excluding tert-OH is 2. The third kappa shape index (κ3) is 2.68. The second-order valence-corrected chi connectivity index (χ2v) is 9.94. The van der Waals surface area contributed by atoms with Crippen molar-refractivity contribution < 1.29 is 19.7 Å². The van der Waals surface area contributed by atoms with Gasteiger partial charge in [0.2, 0.25) is 0 Å². The second-order valence-electron chi connectivity index (χ2n) is 8.58. The summed E-state index contributed by atoms with van der Waals surface area (Å²) in [6.45, 7) is 2.19. The highest BCUT2D eigenvalue weighted by molar-refractivity contribution is 8.07. The Morgan fingerprint density at radius 2 is 2.13 bits per heavy atom. The van der Waals surface area contributed by atoms with Crippen molar-refractivity contribution >= 4 is 34.7 Å². The predicted octanol–water partition coefficient (Wildman–Crippen LogP) is -0.114. The summed E-state index contributed by atoms with van der Waals surface area (Å²) < 4.78 is 7.27. The van der Waals surface area contributed by atoms with Crippen LogP contribution in [0.2, 0.25) is 0 Å². The first-order chi connectivity index (χ1) is 14.6. The van der Waals surface area contributed by atoms with Gasteiger partial charge in [-0.05, 0) is 31.6 Å². The third-order valence-corrected chi connectivity index (χ3v) is 8.53. The normalized spacial score (nSPS) is 41.2. The summed E-state index contributed by atoms with van der Waals surface area (Å²) in [5.41, 5.74) is 1.08. The molecule has 11 heteroatoms. The van der Waals surface area contributed by atoms with Gasteiger partial charge < -0.3 is 25.6 Å². The number of thioether (sulfide) groups is 1. The highest BCUT2D eigenvalue weighted by atomic mass is 32.2. The minimum Gasteiger partial charge on any atom is -0.387 e. The number of carbonyl (C=O) groups is 1. The van der Waals surface area contributed by atoms with Crippen molar-refractivity contribution in [3.63, 3.8) is 0 Å². The third-order valence-electron chi connectivity index (χ3n) is 6.90. The SMILES string of the molecule is CCNC(=O)[C@H]1O[C@@H](n2cnc3c(N[C@H]4C[C@@H]5C[C@@H]4C4SC45)ncnc32)[C@H](O)[C@@H]1O. The van der Waals surface area contributed by atoms with Gasteiger partial charge >= 0.3 is 0 Å². The zero-order valence-electron chi connectivity index (χ0n) is 16.4. The van der Waals surface area contributed by atoms with Crippen molar-refractivity contribution in [3.05, 3.63) is 12.7 Å². The van der Waals surface area contributed by atoms with Crippen molar-refractivity contribution in [2.75, 3.05) is 11.9 Å². The smallest absolute Gasteiger partial charge is 0.252 e. The summed E-state index contributed by atoms with van der Waals surface area (Å²) in [5, 5.41) is 28.7. The number of nitrogens with zero attached hydrogens (tertiary/aromatic N) is 4.